The Morgan fingerprint density at radius 2 is 0.548 bits per heavy atom. The van der Waals surface area contributed by atoms with Crippen molar-refractivity contribution in [2.24, 2.45) is 0 Å². The Balaban J connectivity index is 0.000000429. The summed E-state index contributed by atoms with van der Waals surface area (Å²) in [6, 6.07) is 9.61. The molecule has 0 aliphatic heterocycles. The van der Waals surface area contributed by atoms with Crippen LogP contribution in [0.15, 0.2) is 76.7 Å². The minimum atomic E-state index is -0.0184. The number of hydrogen-bond donors (Lipinski definition) is 0. The monoisotopic (exact) mass is 1190 g/mol. The van der Waals surface area contributed by atoms with Gasteiger partial charge in [-0.3, -0.25) is 0 Å². The third-order valence-electron chi connectivity index (χ3n) is 3.00. The zero-order chi connectivity index (χ0) is 23.2. The summed E-state index contributed by atoms with van der Waals surface area (Å²) in [4.78, 5) is 0. The van der Waals surface area contributed by atoms with Crippen LogP contribution < -0.4 is 15.3 Å². The molecule has 0 atom stereocenters. The van der Waals surface area contributed by atoms with Gasteiger partial charge in [-0.2, -0.15) is 0 Å². The van der Waals surface area contributed by atoms with Crippen molar-refractivity contribution in [3.8, 4) is 17.2 Å². The van der Waals surface area contributed by atoms with Crippen LogP contribution in [-0.4, -0.2) is 26.2 Å². The van der Waals surface area contributed by atoms with Gasteiger partial charge in [0.25, 0.3) is 0 Å². The average molecular weight is 1200 g/mol. The molecule has 0 aliphatic rings. The molecule has 0 heterocycles. The van der Waals surface area contributed by atoms with Crippen molar-refractivity contribution in [3.63, 3.8) is 0 Å². The van der Waals surface area contributed by atoms with Gasteiger partial charge in [-0.1, -0.05) is 83.2 Å². The first kappa shape index (κ1) is 33.3. The Bertz CT molecular complexity index is 836. The number of benzene rings is 3. The molecule has 0 spiro atoms. The van der Waals surface area contributed by atoms with E-state index in [9.17, 15) is 15.3 Å². The molecule has 3 aromatic carbocycles. The van der Waals surface area contributed by atoms with E-state index >= 15 is 0 Å². The SMILES string of the molecule is [Bi+3].[O-]c1ccc(Br)c(Br)c1Br.[O-]c1ccc(Br)c(Br)c1Br.[O-]c1ccc(Br)c(Br)c1Br. The quantitative estimate of drug-likeness (QED) is 0.167. The summed E-state index contributed by atoms with van der Waals surface area (Å²) in [5.41, 5.74) is 0. The van der Waals surface area contributed by atoms with Gasteiger partial charge in [-0.15, -0.1) is 0 Å². The molecule has 0 amide bonds. The Morgan fingerprint density at radius 1 is 0.355 bits per heavy atom. The van der Waals surface area contributed by atoms with E-state index in [1.807, 2.05) is 0 Å². The third-order valence-corrected chi connectivity index (χ3v) is 13.0. The summed E-state index contributed by atoms with van der Waals surface area (Å²) in [5.74, 6) is -0.0553. The molecule has 0 N–H and O–H groups in total. The van der Waals surface area contributed by atoms with E-state index in [2.05, 4.69) is 143 Å². The molecule has 31 heavy (non-hydrogen) atoms. The van der Waals surface area contributed by atoms with E-state index in [-0.39, 0.29) is 43.5 Å². The molecule has 0 saturated heterocycles. The van der Waals surface area contributed by atoms with Gasteiger partial charge in [0.05, 0.1) is 0 Å². The first-order chi connectivity index (χ1) is 13.9. The molecule has 3 aromatic rings. The van der Waals surface area contributed by atoms with Gasteiger partial charge in [0.15, 0.2) is 0 Å². The summed E-state index contributed by atoms with van der Waals surface area (Å²) >= 11 is 28.9. The van der Waals surface area contributed by atoms with Gasteiger partial charge in [0.1, 0.15) is 0 Å². The van der Waals surface area contributed by atoms with Crippen LogP contribution in [0.4, 0.5) is 0 Å². The summed E-state index contributed by atoms with van der Waals surface area (Å²) < 4.78 is 6.59. The summed E-state index contributed by atoms with van der Waals surface area (Å²) in [7, 11) is 0. The summed E-state index contributed by atoms with van der Waals surface area (Å²) in [5, 5.41) is 32.7. The van der Waals surface area contributed by atoms with Crippen molar-refractivity contribution in [1.82, 2.24) is 0 Å². The Hall–Kier alpha value is 2.26. The number of halogens is 9. The van der Waals surface area contributed by atoms with E-state index in [0.29, 0.717) is 13.4 Å². The van der Waals surface area contributed by atoms with E-state index < -0.39 is 0 Å². The van der Waals surface area contributed by atoms with Crippen LogP contribution in [0.25, 0.3) is 0 Å². The van der Waals surface area contributed by atoms with Crippen LogP contribution in [0.1, 0.15) is 0 Å². The third kappa shape index (κ3) is 10.4. The van der Waals surface area contributed by atoms with Crippen LogP contribution in [0.2, 0.25) is 0 Å². The molecule has 3 nitrogen and oxygen atoms in total. The Kier molecular flexibility index (Phi) is 17.3. The molecule has 0 fully saturated rings. The molecule has 0 aliphatic carbocycles. The van der Waals surface area contributed by atoms with Crippen molar-refractivity contribution >= 4 is 170 Å². The van der Waals surface area contributed by atoms with Gasteiger partial charge in [0, 0.05) is 40.3 Å². The zero-order valence-corrected chi connectivity index (χ0v) is 32.3. The molecule has 13 heteroatoms. The maximum Gasteiger partial charge on any atom is 3.00 e. The fraction of sp³-hybridized carbons (Fsp3) is 0. The molecule has 0 bridgehead atoms. The molecule has 0 aromatic heterocycles. The molecule has 2 radical (unpaired) electrons. The van der Waals surface area contributed by atoms with Gasteiger partial charge in [-0.05, 0) is 114 Å². The van der Waals surface area contributed by atoms with E-state index in [0.717, 1.165) is 26.8 Å². The molecular weight excluding hydrogens is 1190 g/mol. The minimum absolute atomic E-state index is 0. The van der Waals surface area contributed by atoms with E-state index in [4.69, 9.17) is 0 Å². The van der Waals surface area contributed by atoms with Crippen LogP contribution in [0.5, 0.6) is 17.2 Å². The van der Waals surface area contributed by atoms with Gasteiger partial charge in [-0.25, -0.2) is 0 Å². The molecular formula is C18H6BiBr9O3. The average Bonchev–Trinajstić information content (AvgIpc) is 2.73. The van der Waals surface area contributed by atoms with Crippen molar-refractivity contribution in [2.45, 2.75) is 0 Å². The summed E-state index contributed by atoms with van der Waals surface area (Å²) in [6.07, 6.45) is 0. The van der Waals surface area contributed by atoms with Crippen LogP contribution in [0, 0.1) is 0 Å². The standard InChI is InChI=1S/3C6H3Br3O.Bi/c3*7-3-1-2-4(10)6(9)5(3)8;/h3*1-2,10H;/q;;;+3/p-3. The topological polar surface area (TPSA) is 69.2 Å². The molecule has 0 unspecified atom stereocenters. The largest absolute Gasteiger partial charge is 3.00 e. The first-order valence-corrected chi connectivity index (χ1v) is 14.4. The van der Waals surface area contributed by atoms with Crippen molar-refractivity contribution in [1.29, 1.82) is 0 Å². The fourth-order valence-corrected chi connectivity index (χ4v) is 5.33. The van der Waals surface area contributed by atoms with E-state index in [1.165, 1.54) is 18.2 Å². The molecule has 3 rings (SSSR count). The fourth-order valence-electron chi connectivity index (χ4n) is 1.52. The predicted octanol–water partition coefficient (Wildman–Crippen LogP) is 8.76. The second-order valence-electron chi connectivity index (χ2n) is 5.02. The van der Waals surface area contributed by atoms with Gasteiger partial charge in [0.2, 0.25) is 0 Å². The van der Waals surface area contributed by atoms with Crippen molar-refractivity contribution in [2.75, 3.05) is 0 Å². The van der Waals surface area contributed by atoms with Crippen molar-refractivity contribution < 1.29 is 15.3 Å². The number of rotatable bonds is 0. The van der Waals surface area contributed by atoms with E-state index in [1.54, 1.807) is 18.2 Å². The van der Waals surface area contributed by atoms with Crippen molar-refractivity contribution in [3.05, 3.63) is 76.7 Å². The Morgan fingerprint density at radius 3 is 0.710 bits per heavy atom. The van der Waals surface area contributed by atoms with Gasteiger partial charge < -0.3 is 15.3 Å². The maximum absolute atomic E-state index is 10.9. The predicted molar refractivity (Wildman–Crippen MR) is 153 cm³/mol. The summed E-state index contributed by atoms with van der Waals surface area (Å²) in [6.45, 7) is 0. The van der Waals surface area contributed by atoms with Crippen LogP contribution >= 0.6 is 143 Å². The second kappa shape index (κ2) is 16.1. The zero-order valence-electron chi connectivity index (χ0n) is 14.5. The van der Waals surface area contributed by atoms with Crippen LogP contribution in [-0.2, 0) is 0 Å². The maximum atomic E-state index is 10.9. The first-order valence-electron chi connectivity index (χ1n) is 7.30. The second-order valence-corrected chi connectivity index (χ2v) is 12.3. The van der Waals surface area contributed by atoms with Crippen LogP contribution in [0.3, 0.4) is 0 Å². The normalized spacial score (nSPS) is 9.58. The minimum Gasteiger partial charge on any atom is -0.872 e. The van der Waals surface area contributed by atoms with Gasteiger partial charge >= 0.3 is 26.2 Å². The molecule has 0 saturated carbocycles. The smallest absolute Gasteiger partial charge is 0.872 e. The Labute approximate surface area is 274 Å². The number of hydrogen-bond acceptors (Lipinski definition) is 3. The molecule has 164 valence electrons.